The Morgan fingerprint density at radius 2 is 1.92 bits per heavy atom. The molecule has 1 aromatic carbocycles. The molecular formula is C19H22N2O4. The Balaban J connectivity index is 1.74. The van der Waals surface area contributed by atoms with Crippen LogP contribution >= 0.6 is 0 Å². The Bertz CT molecular complexity index is 786. The molecule has 3 atom stereocenters. The van der Waals surface area contributed by atoms with Crippen molar-refractivity contribution < 1.29 is 19.1 Å². The molecule has 0 spiro atoms. The van der Waals surface area contributed by atoms with Gasteiger partial charge in [0.05, 0.1) is 11.7 Å². The monoisotopic (exact) mass is 342 g/mol. The van der Waals surface area contributed by atoms with Crippen LogP contribution < -0.4 is 5.32 Å². The van der Waals surface area contributed by atoms with E-state index in [2.05, 4.69) is 25.2 Å². The van der Waals surface area contributed by atoms with E-state index in [1.54, 1.807) is 12.0 Å². The van der Waals surface area contributed by atoms with Crippen LogP contribution in [-0.4, -0.2) is 35.8 Å². The SMILES string of the molecule is COC1c2ccc(c3c2C(=O)N(C2CCC(=O)NC2=O)C3)C1C(C)C. The lowest BCUT2D eigenvalue weighted by atomic mass is 9.72. The quantitative estimate of drug-likeness (QED) is 0.851. The number of nitrogens with zero attached hydrogens (tertiary/aromatic N) is 1. The third-order valence-electron chi connectivity index (χ3n) is 5.73. The van der Waals surface area contributed by atoms with Gasteiger partial charge in [-0.15, -0.1) is 0 Å². The highest BCUT2D eigenvalue weighted by Crippen LogP contribution is 2.50. The Morgan fingerprint density at radius 1 is 1.20 bits per heavy atom. The van der Waals surface area contributed by atoms with Crippen LogP contribution in [0, 0.1) is 5.92 Å². The van der Waals surface area contributed by atoms with Crippen LogP contribution in [0.1, 0.15) is 65.8 Å². The first-order chi connectivity index (χ1) is 11.9. The molecular weight excluding hydrogens is 320 g/mol. The normalized spacial score (nSPS) is 27.9. The number of nitrogens with one attached hydrogen (secondary N) is 1. The van der Waals surface area contributed by atoms with E-state index in [0.717, 1.165) is 16.7 Å². The van der Waals surface area contributed by atoms with Gasteiger partial charge in [-0.25, -0.2) is 0 Å². The molecule has 1 saturated heterocycles. The van der Waals surface area contributed by atoms with Gasteiger partial charge in [-0.2, -0.15) is 0 Å². The molecule has 2 bridgehead atoms. The summed E-state index contributed by atoms with van der Waals surface area (Å²) in [4.78, 5) is 38.3. The van der Waals surface area contributed by atoms with Crippen LogP contribution in [0.5, 0.6) is 0 Å². The number of amides is 3. The van der Waals surface area contributed by atoms with Gasteiger partial charge in [0.2, 0.25) is 11.8 Å². The van der Waals surface area contributed by atoms with Gasteiger partial charge in [0.1, 0.15) is 6.04 Å². The van der Waals surface area contributed by atoms with E-state index in [1.807, 2.05) is 6.07 Å². The van der Waals surface area contributed by atoms with Crippen molar-refractivity contribution in [3.63, 3.8) is 0 Å². The molecule has 132 valence electrons. The molecule has 2 aliphatic carbocycles. The minimum absolute atomic E-state index is 0.120. The summed E-state index contributed by atoms with van der Waals surface area (Å²) >= 11 is 0. The van der Waals surface area contributed by atoms with Crippen molar-refractivity contribution in [3.8, 4) is 0 Å². The summed E-state index contributed by atoms with van der Waals surface area (Å²) in [5, 5.41) is 2.35. The topological polar surface area (TPSA) is 75.7 Å². The molecule has 1 fully saturated rings. The molecule has 1 N–H and O–H groups in total. The number of fused-ring (bicyclic) bond motifs is 2. The van der Waals surface area contributed by atoms with Gasteiger partial charge in [0.15, 0.2) is 0 Å². The number of methoxy groups -OCH3 is 1. The van der Waals surface area contributed by atoms with Crippen molar-refractivity contribution in [2.45, 2.75) is 51.3 Å². The standard InChI is InChI=1S/C19H22N2O4/c1-9(2)15-10-4-5-11(17(15)25-3)16-12(10)8-21(19(16)24)13-6-7-14(22)20-18(13)23/h4-5,9,13,15,17H,6-8H2,1-3H3,(H,20,22,23). The third-order valence-corrected chi connectivity index (χ3v) is 5.73. The summed E-state index contributed by atoms with van der Waals surface area (Å²) in [7, 11) is 1.68. The van der Waals surface area contributed by atoms with Gasteiger partial charge in [0.25, 0.3) is 5.91 Å². The van der Waals surface area contributed by atoms with E-state index in [0.29, 0.717) is 24.4 Å². The third kappa shape index (κ3) is 2.24. The maximum Gasteiger partial charge on any atom is 0.255 e. The van der Waals surface area contributed by atoms with Crippen molar-refractivity contribution in [1.82, 2.24) is 10.2 Å². The van der Waals surface area contributed by atoms with Gasteiger partial charge in [-0.1, -0.05) is 26.0 Å². The van der Waals surface area contributed by atoms with Gasteiger partial charge >= 0.3 is 0 Å². The molecule has 4 aliphatic rings. The molecule has 1 aromatic rings. The smallest absolute Gasteiger partial charge is 0.255 e. The summed E-state index contributed by atoms with van der Waals surface area (Å²) in [5.41, 5.74) is 3.80. The number of carbonyl (C=O) groups is 3. The summed E-state index contributed by atoms with van der Waals surface area (Å²) in [5.74, 6) is -0.156. The highest BCUT2D eigenvalue weighted by atomic mass is 16.5. The zero-order valence-corrected chi connectivity index (χ0v) is 14.7. The lowest BCUT2D eigenvalue weighted by Crippen LogP contribution is -2.52. The first kappa shape index (κ1) is 16.3. The van der Waals surface area contributed by atoms with E-state index in [4.69, 9.17) is 4.74 Å². The van der Waals surface area contributed by atoms with Gasteiger partial charge < -0.3 is 9.64 Å². The summed E-state index contributed by atoms with van der Waals surface area (Å²) < 4.78 is 5.73. The second kappa shape index (κ2) is 5.66. The maximum atomic E-state index is 13.1. The maximum absolute atomic E-state index is 13.1. The number of hydrogen-bond acceptors (Lipinski definition) is 4. The predicted octanol–water partition coefficient (Wildman–Crippen LogP) is 1.89. The number of hydrogen-bond donors (Lipinski definition) is 1. The van der Waals surface area contributed by atoms with Crippen LogP contribution in [0.3, 0.4) is 0 Å². The average molecular weight is 342 g/mol. The minimum atomic E-state index is -0.574. The molecule has 3 amide bonds. The Hall–Kier alpha value is -2.21. The van der Waals surface area contributed by atoms with Crippen molar-refractivity contribution in [3.05, 3.63) is 34.4 Å². The highest BCUT2D eigenvalue weighted by molar-refractivity contribution is 6.06. The number of rotatable bonds is 3. The predicted molar refractivity (Wildman–Crippen MR) is 89.8 cm³/mol. The highest BCUT2D eigenvalue weighted by Gasteiger charge is 2.46. The number of imide groups is 1. The minimum Gasteiger partial charge on any atom is -0.376 e. The molecule has 0 saturated carbocycles. The molecule has 5 rings (SSSR count). The van der Waals surface area contributed by atoms with Crippen molar-refractivity contribution in [1.29, 1.82) is 0 Å². The molecule has 2 heterocycles. The Morgan fingerprint density at radius 3 is 2.56 bits per heavy atom. The van der Waals surface area contributed by atoms with Crippen LogP contribution in [0.25, 0.3) is 0 Å². The van der Waals surface area contributed by atoms with E-state index in [9.17, 15) is 14.4 Å². The fourth-order valence-corrected chi connectivity index (χ4v) is 4.61. The van der Waals surface area contributed by atoms with Crippen LogP contribution in [0.2, 0.25) is 0 Å². The van der Waals surface area contributed by atoms with Gasteiger partial charge in [-0.3, -0.25) is 19.7 Å². The fraction of sp³-hybridized carbons (Fsp3) is 0.526. The van der Waals surface area contributed by atoms with E-state index in [-0.39, 0.29) is 36.2 Å². The fourth-order valence-electron chi connectivity index (χ4n) is 4.61. The van der Waals surface area contributed by atoms with Crippen LogP contribution in [0.4, 0.5) is 0 Å². The summed E-state index contributed by atoms with van der Waals surface area (Å²) in [6.45, 7) is 4.75. The number of benzene rings is 1. The summed E-state index contributed by atoms with van der Waals surface area (Å²) in [6, 6.07) is 3.50. The van der Waals surface area contributed by atoms with Crippen molar-refractivity contribution in [2.75, 3.05) is 7.11 Å². The molecule has 0 aromatic heterocycles. The first-order valence-corrected chi connectivity index (χ1v) is 8.77. The largest absolute Gasteiger partial charge is 0.376 e. The second-order valence-electron chi connectivity index (χ2n) is 7.42. The van der Waals surface area contributed by atoms with Crippen molar-refractivity contribution >= 4 is 17.7 Å². The second-order valence-corrected chi connectivity index (χ2v) is 7.42. The molecule has 3 unspecified atom stereocenters. The van der Waals surface area contributed by atoms with E-state index >= 15 is 0 Å². The molecule has 0 radical (unpaired) electrons. The van der Waals surface area contributed by atoms with Gasteiger partial charge in [-0.05, 0) is 29.0 Å². The summed E-state index contributed by atoms with van der Waals surface area (Å²) in [6.07, 6.45) is 0.534. The number of ether oxygens (including phenoxy) is 1. The van der Waals surface area contributed by atoms with E-state index < -0.39 is 6.04 Å². The Kier molecular flexibility index (Phi) is 3.68. The van der Waals surface area contributed by atoms with E-state index in [1.165, 1.54) is 0 Å². The van der Waals surface area contributed by atoms with Crippen LogP contribution in [-0.2, 0) is 20.9 Å². The lowest BCUT2D eigenvalue weighted by Gasteiger charge is -2.36. The number of carbonyl (C=O) groups excluding carboxylic acids is 3. The van der Waals surface area contributed by atoms with Crippen molar-refractivity contribution in [2.24, 2.45) is 5.92 Å². The Labute approximate surface area is 146 Å². The molecule has 6 nitrogen and oxygen atoms in total. The zero-order chi connectivity index (χ0) is 17.9. The lowest BCUT2D eigenvalue weighted by molar-refractivity contribution is -0.136. The average Bonchev–Trinajstić information content (AvgIpc) is 2.93. The van der Waals surface area contributed by atoms with Gasteiger partial charge in [0, 0.05) is 26.0 Å². The first-order valence-electron chi connectivity index (χ1n) is 8.77. The number of piperidine rings is 1. The molecule has 6 heteroatoms. The molecule has 2 aliphatic heterocycles. The van der Waals surface area contributed by atoms with Crippen LogP contribution in [0.15, 0.2) is 12.1 Å². The zero-order valence-electron chi connectivity index (χ0n) is 14.7. The molecule has 25 heavy (non-hydrogen) atoms.